The van der Waals surface area contributed by atoms with Crippen molar-refractivity contribution >= 4 is 10.0 Å². The molecule has 0 aliphatic carbocycles. The van der Waals surface area contributed by atoms with E-state index in [0.717, 1.165) is 30.5 Å². The second kappa shape index (κ2) is 6.87. The Balaban J connectivity index is 2.37. The molecule has 1 N–H and O–H groups in total. The van der Waals surface area contributed by atoms with Gasteiger partial charge in [0, 0.05) is 46.3 Å². The van der Waals surface area contributed by atoms with E-state index in [2.05, 4.69) is 5.32 Å². The number of hydrogen-bond acceptors (Lipinski definition) is 4. The van der Waals surface area contributed by atoms with Crippen LogP contribution in [0, 0.1) is 0 Å². The first-order valence-electron chi connectivity index (χ1n) is 6.14. The Kier molecular flexibility index (Phi) is 6.03. The van der Waals surface area contributed by atoms with Gasteiger partial charge in [0.05, 0.1) is 12.2 Å². The lowest BCUT2D eigenvalue weighted by molar-refractivity contribution is -0.135. The monoisotopic (exact) mass is 303 g/mol. The third-order valence-electron chi connectivity index (χ3n) is 3.06. The highest BCUT2D eigenvalue weighted by molar-refractivity contribution is 7.89. The van der Waals surface area contributed by atoms with Crippen molar-refractivity contribution in [3.8, 4) is 0 Å². The van der Waals surface area contributed by atoms with Crippen molar-refractivity contribution in [3.05, 3.63) is 0 Å². The standard InChI is InChI=1S/C10H20F3N3O2S/c1-15(5-2-10(11,12)13)19(17,18)9-8-16-6-3-14-4-7-16/h14H,2-9H2,1H3. The molecule has 0 unspecified atom stereocenters. The fourth-order valence-corrected chi connectivity index (χ4v) is 2.93. The Bertz CT molecular complexity index is 367. The summed E-state index contributed by atoms with van der Waals surface area (Å²) in [6.45, 7) is 2.99. The molecular formula is C10H20F3N3O2S. The van der Waals surface area contributed by atoms with Gasteiger partial charge in [-0.1, -0.05) is 0 Å². The van der Waals surface area contributed by atoms with Crippen molar-refractivity contribution in [1.82, 2.24) is 14.5 Å². The van der Waals surface area contributed by atoms with E-state index in [9.17, 15) is 21.6 Å². The van der Waals surface area contributed by atoms with E-state index in [1.165, 1.54) is 7.05 Å². The summed E-state index contributed by atoms with van der Waals surface area (Å²) in [5.41, 5.74) is 0. The number of sulfonamides is 1. The van der Waals surface area contributed by atoms with Gasteiger partial charge in [-0.2, -0.15) is 13.2 Å². The highest BCUT2D eigenvalue weighted by Crippen LogP contribution is 2.20. The van der Waals surface area contributed by atoms with Gasteiger partial charge in [-0.05, 0) is 0 Å². The van der Waals surface area contributed by atoms with Crippen molar-refractivity contribution < 1.29 is 21.6 Å². The topological polar surface area (TPSA) is 52.7 Å². The molecule has 0 atom stereocenters. The Morgan fingerprint density at radius 2 is 1.84 bits per heavy atom. The van der Waals surface area contributed by atoms with Gasteiger partial charge in [0.1, 0.15) is 0 Å². The predicted molar refractivity (Wildman–Crippen MR) is 66.4 cm³/mol. The van der Waals surface area contributed by atoms with Gasteiger partial charge in [0.2, 0.25) is 10.0 Å². The smallest absolute Gasteiger partial charge is 0.314 e. The number of nitrogens with zero attached hydrogens (tertiary/aromatic N) is 2. The summed E-state index contributed by atoms with van der Waals surface area (Å²) in [5.74, 6) is -0.138. The van der Waals surface area contributed by atoms with E-state index in [4.69, 9.17) is 0 Å². The summed E-state index contributed by atoms with van der Waals surface area (Å²) in [5, 5.41) is 3.15. The number of halogens is 3. The van der Waals surface area contributed by atoms with Crippen LogP contribution in [-0.4, -0.2) is 75.9 Å². The van der Waals surface area contributed by atoms with Gasteiger partial charge < -0.3 is 5.32 Å². The fourth-order valence-electron chi connectivity index (χ4n) is 1.76. The SMILES string of the molecule is CN(CCC(F)(F)F)S(=O)(=O)CCN1CCNCC1. The predicted octanol–water partition coefficient (Wildman–Crippen LogP) is 0.106. The van der Waals surface area contributed by atoms with Crippen LogP contribution in [0.15, 0.2) is 0 Å². The minimum Gasteiger partial charge on any atom is -0.314 e. The first kappa shape index (κ1) is 16.7. The zero-order valence-electron chi connectivity index (χ0n) is 10.9. The van der Waals surface area contributed by atoms with Gasteiger partial charge in [0.25, 0.3) is 0 Å². The van der Waals surface area contributed by atoms with Gasteiger partial charge in [0.15, 0.2) is 0 Å². The molecule has 0 spiro atoms. The van der Waals surface area contributed by atoms with E-state index >= 15 is 0 Å². The Morgan fingerprint density at radius 3 is 2.37 bits per heavy atom. The zero-order chi connectivity index (χ0) is 14.5. The van der Waals surface area contributed by atoms with Gasteiger partial charge in [-0.3, -0.25) is 4.90 Å². The van der Waals surface area contributed by atoms with Crippen LogP contribution in [0.5, 0.6) is 0 Å². The maximum Gasteiger partial charge on any atom is 0.390 e. The Morgan fingerprint density at radius 1 is 1.26 bits per heavy atom. The van der Waals surface area contributed by atoms with E-state index in [0.29, 0.717) is 6.54 Å². The molecule has 0 aromatic heterocycles. The summed E-state index contributed by atoms with van der Waals surface area (Å²) >= 11 is 0. The third-order valence-corrected chi connectivity index (χ3v) is 4.89. The minimum atomic E-state index is -4.33. The average Bonchev–Trinajstić information content (AvgIpc) is 2.34. The van der Waals surface area contributed by atoms with E-state index in [-0.39, 0.29) is 5.75 Å². The van der Waals surface area contributed by atoms with Crippen LogP contribution in [0.2, 0.25) is 0 Å². The number of piperazine rings is 1. The summed E-state index contributed by atoms with van der Waals surface area (Å²) in [7, 11) is -2.42. The maximum atomic E-state index is 12.0. The molecule has 0 saturated carbocycles. The summed E-state index contributed by atoms with van der Waals surface area (Å²) < 4.78 is 60.5. The van der Waals surface area contributed by atoms with Crippen molar-refractivity contribution in [2.45, 2.75) is 12.6 Å². The molecule has 1 fully saturated rings. The molecule has 0 aromatic carbocycles. The highest BCUT2D eigenvalue weighted by Gasteiger charge is 2.29. The van der Waals surface area contributed by atoms with Gasteiger partial charge >= 0.3 is 6.18 Å². The van der Waals surface area contributed by atoms with Crippen LogP contribution in [0.25, 0.3) is 0 Å². The molecule has 1 heterocycles. The Hall–Kier alpha value is -0.380. The summed E-state index contributed by atoms with van der Waals surface area (Å²) in [6.07, 6.45) is -5.45. The summed E-state index contributed by atoms with van der Waals surface area (Å²) in [4.78, 5) is 1.99. The first-order valence-corrected chi connectivity index (χ1v) is 7.75. The third kappa shape index (κ3) is 6.55. The van der Waals surface area contributed by atoms with Crippen molar-refractivity contribution in [1.29, 1.82) is 0 Å². The average molecular weight is 303 g/mol. The normalized spacial score (nSPS) is 19.0. The lowest BCUT2D eigenvalue weighted by Gasteiger charge is -2.27. The quantitative estimate of drug-likeness (QED) is 0.756. The van der Waals surface area contributed by atoms with Crippen LogP contribution >= 0.6 is 0 Å². The van der Waals surface area contributed by atoms with Crippen molar-refractivity contribution in [2.24, 2.45) is 0 Å². The van der Waals surface area contributed by atoms with Crippen LogP contribution < -0.4 is 5.32 Å². The van der Waals surface area contributed by atoms with Crippen LogP contribution in [0.4, 0.5) is 13.2 Å². The number of alkyl halides is 3. The molecule has 1 saturated heterocycles. The molecule has 114 valence electrons. The lowest BCUT2D eigenvalue weighted by Crippen LogP contribution is -2.46. The Labute approximate surface area is 111 Å². The zero-order valence-corrected chi connectivity index (χ0v) is 11.7. The van der Waals surface area contributed by atoms with Crippen LogP contribution in [0.1, 0.15) is 6.42 Å². The number of hydrogen-bond donors (Lipinski definition) is 1. The fraction of sp³-hybridized carbons (Fsp3) is 1.00. The number of rotatable bonds is 6. The molecule has 19 heavy (non-hydrogen) atoms. The molecule has 0 amide bonds. The van der Waals surface area contributed by atoms with Crippen LogP contribution in [0.3, 0.4) is 0 Å². The van der Waals surface area contributed by atoms with E-state index < -0.39 is 29.2 Å². The van der Waals surface area contributed by atoms with E-state index in [1.807, 2.05) is 4.90 Å². The van der Waals surface area contributed by atoms with E-state index in [1.54, 1.807) is 0 Å². The van der Waals surface area contributed by atoms with Crippen LogP contribution in [-0.2, 0) is 10.0 Å². The largest absolute Gasteiger partial charge is 0.390 e. The van der Waals surface area contributed by atoms with Crippen molar-refractivity contribution in [2.75, 3.05) is 52.1 Å². The lowest BCUT2D eigenvalue weighted by atomic mass is 10.4. The minimum absolute atomic E-state index is 0.138. The van der Waals surface area contributed by atoms with Gasteiger partial charge in [-0.25, -0.2) is 12.7 Å². The highest BCUT2D eigenvalue weighted by atomic mass is 32.2. The first-order chi connectivity index (χ1) is 8.71. The second-order valence-electron chi connectivity index (χ2n) is 4.59. The molecule has 0 bridgehead atoms. The molecule has 1 aliphatic rings. The molecule has 1 rings (SSSR count). The summed E-state index contributed by atoms with van der Waals surface area (Å²) in [6, 6.07) is 0. The van der Waals surface area contributed by atoms with Gasteiger partial charge in [-0.15, -0.1) is 0 Å². The second-order valence-corrected chi connectivity index (χ2v) is 6.79. The maximum absolute atomic E-state index is 12.0. The molecule has 1 aliphatic heterocycles. The molecular weight excluding hydrogens is 283 g/mol. The molecule has 9 heteroatoms. The molecule has 5 nitrogen and oxygen atoms in total. The molecule has 0 aromatic rings. The van der Waals surface area contributed by atoms with Crippen molar-refractivity contribution in [3.63, 3.8) is 0 Å². The number of nitrogens with one attached hydrogen (secondary N) is 1. The molecule has 0 radical (unpaired) electrons.